The van der Waals surface area contributed by atoms with Crippen molar-refractivity contribution < 1.29 is 30.6 Å². The molecule has 0 saturated heterocycles. The van der Waals surface area contributed by atoms with Gasteiger partial charge in [0.15, 0.2) is 11.5 Å². The number of rotatable bonds is 2. The number of carbonyl (C=O) groups excluding carboxylic acids is 1. The number of halogens is 3. The average molecular weight is 328 g/mol. The first-order valence-corrected chi connectivity index (χ1v) is 7.41. The molecule has 3 rings (SSSR count). The van der Waals surface area contributed by atoms with Crippen LogP contribution in [0.2, 0.25) is 0 Å². The van der Waals surface area contributed by atoms with E-state index in [9.17, 15) is 26.4 Å². The highest BCUT2D eigenvalue weighted by atomic mass is 32.2. The van der Waals surface area contributed by atoms with E-state index in [0.29, 0.717) is 11.1 Å². The molecule has 114 valence electrons. The lowest BCUT2D eigenvalue weighted by Gasteiger charge is -2.11. The molecule has 1 aliphatic carbocycles. The Labute approximate surface area is 123 Å². The fraction of sp³-hybridized carbons (Fsp3) is 0.0714. The molecule has 0 spiro atoms. The number of hydrogen-bond donors (Lipinski definition) is 0. The number of hydrogen-bond acceptors (Lipinski definition) is 4. The first-order valence-electron chi connectivity index (χ1n) is 6.00. The summed E-state index contributed by atoms with van der Waals surface area (Å²) in [5.41, 5.74) is -4.59. The lowest BCUT2D eigenvalue weighted by Crippen LogP contribution is -2.28. The highest BCUT2D eigenvalue weighted by molar-refractivity contribution is 7.88. The maximum absolute atomic E-state index is 12.4. The Morgan fingerprint density at radius 3 is 2.09 bits per heavy atom. The van der Waals surface area contributed by atoms with E-state index in [1.54, 1.807) is 18.2 Å². The molecule has 8 heteroatoms. The van der Waals surface area contributed by atoms with E-state index >= 15 is 0 Å². The monoisotopic (exact) mass is 328 g/mol. The Morgan fingerprint density at radius 2 is 1.45 bits per heavy atom. The van der Waals surface area contributed by atoms with Gasteiger partial charge in [-0.2, -0.15) is 21.6 Å². The molecule has 0 aromatic heterocycles. The van der Waals surface area contributed by atoms with Crippen molar-refractivity contribution in [1.82, 2.24) is 0 Å². The van der Waals surface area contributed by atoms with Crippen molar-refractivity contribution >= 4 is 15.9 Å². The van der Waals surface area contributed by atoms with Crippen molar-refractivity contribution in [3.8, 4) is 16.9 Å². The molecule has 2 aromatic rings. The summed E-state index contributed by atoms with van der Waals surface area (Å²) < 4.78 is 63.7. The van der Waals surface area contributed by atoms with Crippen molar-refractivity contribution in [3.63, 3.8) is 0 Å². The van der Waals surface area contributed by atoms with Crippen molar-refractivity contribution in [2.24, 2.45) is 0 Å². The van der Waals surface area contributed by atoms with Crippen LogP contribution >= 0.6 is 0 Å². The summed E-state index contributed by atoms with van der Waals surface area (Å²) in [6.07, 6.45) is 0. The van der Waals surface area contributed by atoms with Crippen molar-refractivity contribution in [2.45, 2.75) is 5.51 Å². The summed E-state index contributed by atoms with van der Waals surface area (Å²) in [6.45, 7) is 0. The molecule has 0 N–H and O–H groups in total. The zero-order valence-electron chi connectivity index (χ0n) is 10.7. The van der Waals surface area contributed by atoms with Gasteiger partial charge in [0.25, 0.3) is 0 Å². The highest BCUT2D eigenvalue weighted by Crippen LogP contribution is 2.42. The smallest absolute Gasteiger partial charge is 0.375 e. The van der Waals surface area contributed by atoms with E-state index in [1.165, 1.54) is 18.2 Å². The average Bonchev–Trinajstić information content (AvgIpc) is 2.73. The minimum absolute atomic E-state index is 0.184. The number of fused-ring (bicyclic) bond motifs is 3. The maximum Gasteiger partial charge on any atom is 0.534 e. The van der Waals surface area contributed by atoms with Gasteiger partial charge in [0.1, 0.15) is 0 Å². The van der Waals surface area contributed by atoms with E-state index in [0.717, 1.165) is 6.07 Å². The molecule has 1 aliphatic rings. The molecule has 0 saturated carbocycles. The summed E-state index contributed by atoms with van der Waals surface area (Å²) in [4.78, 5) is 12.3. The zero-order chi connectivity index (χ0) is 16.1. The summed E-state index contributed by atoms with van der Waals surface area (Å²) in [5, 5.41) is 0. The molecule has 0 unspecified atom stereocenters. The number of benzene rings is 2. The van der Waals surface area contributed by atoms with E-state index < -0.39 is 27.2 Å². The van der Waals surface area contributed by atoms with Crippen LogP contribution in [0.15, 0.2) is 42.5 Å². The Morgan fingerprint density at radius 1 is 0.864 bits per heavy atom. The van der Waals surface area contributed by atoms with Gasteiger partial charge in [-0.1, -0.05) is 36.4 Å². The van der Waals surface area contributed by atoms with Crippen LogP contribution < -0.4 is 4.18 Å². The fourth-order valence-electron chi connectivity index (χ4n) is 2.28. The largest absolute Gasteiger partial charge is 0.534 e. The van der Waals surface area contributed by atoms with Crippen molar-refractivity contribution in [3.05, 3.63) is 53.6 Å². The molecule has 0 atom stereocenters. The second-order valence-electron chi connectivity index (χ2n) is 4.54. The van der Waals surface area contributed by atoms with Crippen LogP contribution in [0.25, 0.3) is 11.1 Å². The number of carbonyl (C=O) groups is 1. The Balaban J connectivity index is 2.15. The second-order valence-corrected chi connectivity index (χ2v) is 6.07. The summed E-state index contributed by atoms with van der Waals surface area (Å²) in [5.74, 6) is -1.20. The van der Waals surface area contributed by atoms with Crippen LogP contribution in [0.4, 0.5) is 13.2 Å². The molecule has 4 nitrogen and oxygen atoms in total. The number of alkyl halides is 3. The normalized spacial score (nSPS) is 13.7. The van der Waals surface area contributed by atoms with Crippen LogP contribution in [0.1, 0.15) is 15.9 Å². The standard InChI is InChI=1S/C14H7F3O4S/c15-14(16,17)22(19,20)21-11-7-3-6-9-8-4-1-2-5-10(8)13(18)12(9)11/h1-7H. The predicted molar refractivity (Wildman–Crippen MR) is 70.9 cm³/mol. The fourth-order valence-corrected chi connectivity index (χ4v) is 2.75. The summed E-state index contributed by atoms with van der Waals surface area (Å²) in [6, 6.07) is 10.3. The lowest BCUT2D eigenvalue weighted by molar-refractivity contribution is -0.0500. The molecule has 2 aromatic carbocycles. The molecule has 0 amide bonds. The van der Waals surface area contributed by atoms with E-state index in [2.05, 4.69) is 4.18 Å². The van der Waals surface area contributed by atoms with Crippen LogP contribution in [0.3, 0.4) is 0 Å². The maximum atomic E-state index is 12.4. The molecule has 0 aliphatic heterocycles. The third-order valence-corrected chi connectivity index (χ3v) is 4.16. The van der Waals surface area contributed by atoms with Gasteiger partial charge in [-0.15, -0.1) is 0 Å². The molecule has 22 heavy (non-hydrogen) atoms. The molecule has 0 fully saturated rings. The topological polar surface area (TPSA) is 60.4 Å². The van der Waals surface area contributed by atoms with Crippen LogP contribution in [-0.4, -0.2) is 19.7 Å². The van der Waals surface area contributed by atoms with Gasteiger partial charge >= 0.3 is 15.6 Å². The summed E-state index contributed by atoms with van der Waals surface area (Å²) in [7, 11) is -5.84. The SMILES string of the molecule is O=C1c2ccccc2-c2cccc(OS(=O)(=O)C(F)(F)F)c21. The Hall–Kier alpha value is -2.35. The molecular weight excluding hydrogens is 321 g/mol. The van der Waals surface area contributed by atoms with E-state index in [4.69, 9.17) is 0 Å². The molecule has 0 bridgehead atoms. The predicted octanol–water partition coefficient (Wildman–Crippen LogP) is 3.13. The second kappa shape index (κ2) is 4.57. The Bertz CT molecular complexity index is 885. The van der Waals surface area contributed by atoms with Crippen LogP contribution in [0.5, 0.6) is 5.75 Å². The van der Waals surface area contributed by atoms with Crippen molar-refractivity contribution in [1.29, 1.82) is 0 Å². The van der Waals surface area contributed by atoms with E-state index in [-0.39, 0.29) is 11.1 Å². The first kappa shape index (κ1) is 14.6. The quantitative estimate of drug-likeness (QED) is 0.536. The summed E-state index contributed by atoms with van der Waals surface area (Å²) >= 11 is 0. The first-order chi connectivity index (χ1) is 10.2. The van der Waals surface area contributed by atoms with Crippen LogP contribution in [0, 0.1) is 0 Å². The van der Waals surface area contributed by atoms with Gasteiger partial charge in [-0.3, -0.25) is 4.79 Å². The van der Waals surface area contributed by atoms with Gasteiger partial charge < -0.3 is 4.18 Å². The van der Waals surface area contributed by atoms with Crippen molar-refractivity contribution in [2.75, 3.05) is 0 Å². The Kier molecular flexibility index (Phi) is 3.03. The minimum Gasteiger partial charge on any atom is -0.375 e. The van der Waals surface area contributed by atoms with Gasteiger partial charge in [-0.25, -0.2) is 0 Å². The third-order valence-electron chi connectivity index (χ3n) is 3.20. The molecule has 0 radical (unpaired) electrons. The molecular formula is C14H7F3O4S. The zero-order valence-corrected chi connectivity index (χ0v) is 11.5. The lowest BCUT2D eigenvalue weighted by atomic mass is 10.1. The minimum atomic E-state index is -5.84. The van der Waals surface area contributed by atoms with Gasteiger partial charge in [0, 0.05) is 5.56 Å². The van der Waals surface area contributed by atoms with Crippen LogP contribution in [-0.2, 0) is 10.1 Å². The van der Waals surface area contributed by atoms with Gasteiger partial charge in [0.05, 0.1) is 5.56 Å². The molecule has 0 heterocycles. The highest BCUT2D eigenvalue weighted by Gasteiger charge is 2.49. The van der Waals surface area contributed by atoms with Gasteiger partial charge in [0.2, 0.25) is 0 Å². The third kappa shape index (κ3) is 2.07. The van der Waals surface area contributed by atoms with Gasteiger partial charge in [-0.05, 0) is 17.2 Å². The number of ketones is 1. The van der Waals surface area contributed by atoms with E-state index in [1.807, 2.05) is 0 Å².